The van der Waals surface area contributed by atoms with E-state index < -0.39 is 53.2 Å². The van der Waals surface area contributed by atoms with Gasteiger partial charge in [-0.2, -0.15) is 0 Å². The molecular weight excluding hydrogens is 588 g/mol. The molecule has 0 unspecified atom stereocenters. The van der Waals surface area contributed by atoms with Crippen LogP contribution in [-0.4, -0.2) is 81.8 Å². The number of amides is 3. The van der Waals surface area contributed by atoms with Crippen LogP contribution in [0.5, 0.6) is 10.9 Å². The third-order valence-electron chi connectivity index (χ3n) is 8.16. The van der Waals surface area contributed by atoms with Gasteiger partial charge < -0.3 is 34.9 Å². The van der Waals surface area contributed by atoms with Gasteiger partial charge in [-0.25, -0.2) is 14.6 Å². The molecule has 5 rings (SSSR count). The van der Waals surface area contributed by atoms with E-state index in [1.807, 2.05) is 24.3 Å². The molecule has 0 bridgehead atoms. The van der Waals surface area contributed by atoms with Crippen molar-refractivity contribution in [2.45, 2.75) is 95.0 Å². The summed E-state index contributed by atoms with van der Waals surface area (Å²) in [5.41, 5.74) is -1.45. The van der Waals surface area contributed by atoms with Gasteiger partial charge in [-0.1, -0.05) is 36.3 Å². The molecule has 3 heterocycles. The molecule has 12 nitrogen and oxygen atoms in total. The van der Waals surface area contributed by atoms with E-state index in [2.05, 4.69) is 15.6 Å². The molecule has 0 spiro atoms. The zero-order valence-electron chi connectivity index (χ0n) is 25.5. The van der Waals surface area contributed by atoms with E-state index in [0.717, 1.165) is 29.5 Å². The van der Waals surface area contributed by atoms with Crippen molar-refractivity contribution >= 4 is 45.4 Å². The molecule has 1 saturated heterocycles. The van der Waals surface area contributed by atoms with Crippen LogP contribution in [-0.2, 0) is 19.1 Å². The molecule has 5 atom stereocenters. The van der Waals surface area contributed by atoms with Crippen LogP contribution < -0.4 is 20.1 Å². The predicted octanol–water partition coefficient (Wildman–Crippen LogP) is 4.03. The first-order chi connectivity index (χ1) is 20.9. The first-order valence-electron chi connectivity index (χ1n) is 15.0. The Bertz CT molecular complexity index is 1450. The molecule has 1 aromatic carbocycles. The van der Waals surface area contributed by atoms with Gasteiger partial charge in [0.05, 0.1) is 23.9 Å². The van der Waals surface area contributed by atoms with Gasteiger partial charge in [0, 0.05) is 12.3 Å². The number of fused-ring (bicyclic) bond motifs is 3. The Morgan fingerprint density at radius 1 is 1.20 bits per heavy atom. The number of rotatable bonds is 5. The van der Waals surface area contributed by atoms with Crippen LogP contribution in [0.2, 0.25) is 0 Å². The molecule has 1 saturated carbocycles. The minimum atomic E-state index is -1.42. The van der Waals surface area contributed by atoms with Crippen molar-refractivity contribution in [3.63, 3.8) is 0 Å². The van der Waals surface area contributed by atoms with Gasteiger partial charge in [0.2, 0.25) is 11.8 Å². The van der Waals surface area contributed by atoms with Crippen LogP contribution in [0.15, 0.2) is 30.4 Å². The number of thiazole rings is 1. The molecule has 3 aliphatic rings. The highest BCUT2D eigenvalue weighted by Crippen LogP contribution is 2.45. The molecule has 0 radical (unpaired) electrons. The first kappa shape index (κ1) is 31.6. The second-order valence-corrected chi connectivity index (χ2v) is 13.6. The lowest BCUT2D eigenvalue weighted by Crippen LogP contribution is -2.56. The van der Waals surface area contributed by atoms with E-state index in [4.69, 9.17) is 14.2 Å². The highest BCUT2D eigenvalue weighted by atomic mass is 32.1. The Morgan fingerprint density at radius 2 is 2.00 bits per heavy atom. The van der Waals surface area contributed by atoms with Crippen LogP contribution in [0.25, 0.3) is 10.2 Å². The number of hydrogen-bond acceptors (Lipinski definition) is 9. The summed E-state index contributed by atoms with van der Waals surface area (Å²) in [5.74, 6) is -1.76. The fourth-order valence-electron chi connectivity index (χ4n) is 5.80. The SMILES string of the molecule is COc1ccc2nc(O[C@@H]3C[C@H]4C(=O)N[C@]5(C(=O)O)C[C@H]5C=CCCCCC[C@H](NC(=O)OC(C)(C)C)C(=O)N4C3)sc2c1. The van der Waals surface area contributed by atoms with Crippen LogP contribution in [0.3, 0.4) is 0 Å². The summed E-state index contributed by atoms with van der Waals surface area (Å²) in [4.78, 5) is 58.9. The molecule has 2 fully saturated rings. The second kappa shape index (κ2) is 12.6. The van der Waals surface area contributed by atoms with E-state index in [-0.39, 0.29) is 25.3 Å². The number of methoxy groups -OCH3 is 1. The minimum Gasteiger partial charge on any atom is -0.497 e. The van der Waals surface area contributed by atoms with Crippen molar-refractivity contribution in [2.75, 3.05) is 13.7 Å². The van der Waals surface area contributed by atoms with E-state index in [1.165, 1.54) is 16.2 Å². The average Bonchev–Trinajstić information content (AvgIpc) is 3.27. The Labute approximate surface area is 260 Å². The van der Waals surface area contributed by atoms with E-state index in [0.29, 0.717) is 23.8 Å². The van der Waals surface area contributed by atoms with Crippen molar-refractivity contribution in [1.29, 1.82) is 0 Å². The summed E-state index contributed by atoms with van der Waals surface area (Å²) < 4.78 is 17.8. The van der Waals surface area contributed by atoms with Crippen molar-refractivity contribution in [1.82, 2.24) is 20.5 Å². The minimum absolute atomic E-state index is 0.0616. The molecule has 2 aromatic rings. The maximum Gasteiger partial charge on any atom is 0.408 e. The second-order valence-electron chi connectivity index (χ2n) is 12.6. The number of carbonyl (C=O) groups is 4. The zero-order chi connectivity index (χ0) is 31.6. The summed E-state index contributed by atoms with van der Waals surface area (Å²) in [6.45, 7) is 5.28. The van der Waals surface area contributed by atoms with E-state index in [1.54, 1.807) is 33.9 Å². The number of alkyl carbamates (subject to hydrolysis) is 1. The third kappa shape index (κ3) is 7.09. The number of carboxylic acid groups (broad SMARTS) is 1. The van der Waals surface area contributed by atoms with Crippen molar-refractivity contribution in [3.05, 3.63) is 30.4 Å². The standard InChI is InChI=1S/C31H40N4O8S/c1-30(2,3)43-28(40)32-22-11-9-7-5-6-8-10-18-16-31(18,27(38)39)34-25(36)23-14-20(17-35(23)26(22)37)42-29-33-21-13-12-19(41-4)15-24(21)44-29/h8,10,12-13,15,18,20,22-23H,5-7,9,11,14,16-17H2,1-4H3,(H,32,40)(H,34,36)(H,38,39)/t18-,20-,22+,23+,31-/m1/s1. The van der Waals surface area contributed by atoms with Gasteiger partial charge >= 0.3 is 12.1 Å². The molecular formula is C31H40N4O8S. The molecule has 238 valence electrons. The highest BCUT2D eigenvalue weighted by Gasteiger charge is 2.61. The van der Waals surface area contributed by atoms with Crippen LogP contribution >= 0.6 is 11.3 Å². The maximum atomic E-state index is 14.1. The molecule has 3 N–H and O–H groups in total. The van der Waals surface area contributed by atoms with Gasteiger partial charge in [-0.15, -0.1) is 0 Å². The number of aromatic nitrogens is 1. The number of carbonyl (C=O) groups excluding carboxylic acids is 3. The third-order valence-corrected chi connectivity index (χ3v) is 9.06. The van der Waals surface area contributed by atoms with Gasteiger partial charge in [-0.05, 0) is 64.7 Å². The van der Waals surface area contributed by atoms with Crippen molar-refractivity contribution in [3.8, 4) is 10.9 Å². The van der Waals surface area contributed by atoms with E-state index in [9.17, 15) is 24.3 Å². The van der Waals surface area contributed by atoms with Crippen molar-refractivity contribution < 1.29 is 38.5 Å². The monoisotopic (exact) mass is 628 g/mol. The fourth-order valence-corrected chi connectivity index (χ4v) is 6.71. The number of hydrogen-bond donors (Lipinski definition) is 3. The first-order valence-corrected chi connectivity index (χ1v) is 15.8. The van der Waals surface area contributed by atoms with Crippen LogP contribution in [0, 0.1) is 5.92 Å². The van der Waals surface area contributed by atoms with Crippen LogP contribution in [0.1, 0.15) is 65.7 Å². The number of aliphatic carboxylic acids is 1. The lowest BCUT2D eigenvalue weighted by Gasteiger charge is -2.30. The Balaban J connectivity index is 1.41. The fraction of sp³-hybridized carbons (Fsp3) is 0.581. The van der Waals surface area contributed by atoms with Crippen molar-refractivity contribution in [2.24, 2.45) is 5.92 Å². The summed E-state index contributed by atoms with van der Waals surface area (Å²) in [6, 6.07) is 3.55. The number of ether oxygens (including phenoxy) is 3. The molecule has 3 amide bonds. The zero-order valence-corrected chi connectivity index (χ0v) is 26.3. The summed E-state index contributed by atoms with van der Waals surface area (Å²) >= 11 is 1.32. The predicted molar refractivity (Wildman–Crippen MR) is 163 cm³/mol. The Morgan fingerprint density at radius 3 is 2.73 bits per heavy atom. The largest absolute Gasteiger partial charge is 0.497 e. The molecule has 1 aliphatic carbocycles. The van der Waals surface area contributed by atoms with Gasteiger partial charge in [0.1, 0.15) is 35.1 Å². The van der Waals surface area contributed by atoms with Crippen LogP contribution in [0.4, 0.5) is 4.79 Å². The number of allylic oxidation sites excluding steroid dienone is 1. The average molecular weight is 629 g/mol. The number of benzene rings is 1. The Kier molecular flexibility index (Phi) is 9.05. The number of nitrogens with one attached hydrogen (secondary N) is 2. The molecule has 44 heavy (non-hydrogen) atoms. The van der Waals surface area contributed by atoms with Gasteiger partial charge in [0.15, 0.2) is 0 Å². The molecule has 2 aliphatic heterocycles. The maximum absolute atomic E-state index is 14.1. The smallest absolute Gasteiger partial charge is 0.408 e. The normalized spacial score (nSPS) is 27.8. The topological polar surface area (TPSA) is 156 Å². The van der Waals surface area contributed by atoms with Gasteiger partial charge in [0.25, 0.3) is 5.19 Å². The van der Waals surface area contributed by atoms with Gasteiger partial charge in [-0.3, -0.25) is 9.59 Å². The summed E-state index contributed by atoms with van der Waals surface area (Å²) in [7, 11) is 1.58. The highest BCUT2D eigenvalue weighted by molar-refractivity contribution is 7.20. The number of carboxylic acids is 1. The molecule has 13 heteroatoms. The summed E-state index contributed by atoms with van der Waals surface area (Å²) in [5, 5.41) is 15.9. The Hall–Kier alpha value is -3.87. The molecule has 1 aromatic heterocycles. The number of nitrogens with zero attached hydrogens (tertiary/aromatic N) is 2. The lowest BCUT2D eigenvalue weighted by atomic mass is 10.0. The lowest BCUT2D eigenvalue weighted by molar-refractivity contribution is -0.145. The summed E-state index contributed by atoms with van der Waals surface area (Å²) in [6.07, 6.45) is 6.37. The van der Waals surface area contributed by atoms with E-state index >= 15 is 0 Å². The quantitative estimate of drug-likeness (QED) is 0.416.